The first-order valence-electron chi connectivity index (χ1n) is 7.52. The fourth-order valence-electron chi connectivity index (χ4n) is 2.41. The molecule has 5 nitrogen and oxygen atoms in total. The molecule has 130 valence electrons. The molecule has 0 spiro atoms. The largest absolute Gasteiger partial charge is 0.348 e. The van der Waals surface area contributed by atoms with Crippen molar-refractivity contribution in [2.45, 2.75) is 17.3 Å². The van der Waals surface area contributed by atoms with Crippen LogP contribution in [0.4, 0.5) is 4.39 Å². The Balaban J connectivity index is 1.98. The van der Waals surface area contributed by atoms with Gasteiger partial charge in [-0.3, -0.25) is 9.59 Å². The molecule has 8 heteroatoms. The molecule has 1 N–H and O–H groups in total. The van der Waals surface area contributed by atoms with E-state index in [9.17, 15) is 14.0 Å². The van der Waals surface area contributed by atoms with Crippen LogP contribution in [0.15, 0.2) is 39.6 Å². The van der Waals surface area contributed by atoms with E-state index >= 15 is 0 Å². The number of thioether (sulfide) groups is 1. The summed E-state index contributed by atoms with van der Waals surface area (Å²) in [5.74, 6) is -0.375. The number of carbonyl (C=O) groups is 1. The minimum absolute atomic E-state index is 0.0501. The Morgan fingerprint density at radius 3 is 2.64 bits per heavy atom. The lowest BCUT2D eigenvalue weighted by atomic mass is 10.1. The van der Waals surface area contributed by atoms with Gasteiger partial charge in [-0.25, -0.2) is 9.37 Å². The van der Waals surface area contributed by atoms with Crippen molar-refractivity contribution in [2.24, 2.45) is 0 Å². The molecular weight excluding hydrogens is 361 g/mol. The maximum Gasteiger partial charge on any atom is 0.260 e. The second-order valence-corrected chi connectivity index (χ2v) is 7.89. The molecule has 2 aromatic heterocycles. The fraction of sp³-hybridized carbons (Fsp3) is 0.235. The Bertz CT molecular complexity index is 980. The van der Waals surface area contributed by atoms with Crippen molar-refractivity contribution in [3.05, 3.63) is 45.8 Å². The van der Waals surface area contributed by atoms with E-state index in [1.165, 1.54) is 40.1 Å². The number of fused-ring (bicyclic) bond motifs is 1. The molecule has 0 saturated heterocycles. The van der Waals surface area contributed by atoms with Crippen LogP contribution < -0.4 is 5.56 Å². The number of H-pyrrole nitrogens is 1. The monoisotopic (exact) mass is 377 g/mol. The summed E-state index contributed by atoms with van der Waals surface area (Å²) in [6, 6.07) is 5.99. The number of hydrogen-bond acceptors (Lipinski definition) is 5. The summed E-state index contributed by atoms with van der Waals surface area (Å²) in [6.07, 6.45) is 0. The van der Waals surface area contributed by atoms with Crippen molar-refractivity contribution in [3.63, 3.8) is 0 Å². The van der Waals surface area contributed by atoms with Crippen LogP contribution >= 0.6 is 23.1 Å². The third-order valence-electron chi connectivity index (χ3n) is 3.65. The highest BCUT2D eigenvalue weighted by atomic mass is 32.2. The first kappa shape index (κ1) is 17.6. The van der Waals surface area contributed by atoms with Gasteiger partial charge in [-0.2, -0.15) is 0 Å². The van der Waals surface area contributed by atoms with Crippen molar-refractivity contribution < 1.29 is 9.18 Å². The van der Waals surface area contributed by atoms with Gasteiger partial charge < -0.3 is 9.88 Å². The molecular formula is C17H16FN3O2S2. The van der Waals surface area contributed by atoms with E-state index in [-0.39, 0.29) is 22.5 Å². The molecule has 0 aliphatic rings. The van der Waals surface area contributed by atoms with Crippen molar-refractivity contribution in [3.8, 4) is 11.1 Å². The number of halogens is 1. The predicted octanol–water partition coefficient (Wildman–Crippen LogP) is 3.36. The Hall–Kier alpha value is -2.19. The highest BCUT2D eigenvalue weighted by Crippen LogP contribution is 2.32. The van der Waals surface area contributed by atoms with E-state index < -0.39 is 0 Å². The number of carbonyl (C=O) groups excluding carboxylic acids is 1. The van der Waals surface area contributed by atoms with E-state index in [0.29, 0.717) is 15.4 Å². The lowest BCUT2D eigenvalue weighted by Gasteiger charge is -2.15. The summed E-state index contributed by atoms with van der Waals surface area (Å²) in [5.41, 5.74) is 1.22. The minimum atomic E-state index is -0.355. The number of hydrogen-bond donors (Lipinski definition) is 1. The fourth-order valence-corrected chi connectivity index (χ4v) is 4.36. The third-order valence-corrected chi connectivity index (χ3v) is 5.50. The van der Waals surface area contributed by atoms with Crippen molar-refractivity contribution in [1.29, 1.82) is 0 Å². The molecule has 0 fully saturated rings. The lowest BCUT2D eigenvalue weighted by Crippen LogP contribution is -2.30. The van der Waals surface area contributed by atoms with Gasteiger partial charge in [-0.05, 0) is 24.6 Å². The minimum Gasteiger partial charge on any atom is -0.348 e. The second-order valence-electron chi connectivity index (χ2n) is 5.70. The Labute approximate surface area is 151 Å². The van der Waals surface area contributed by atoms with Crippen LogP contribution in [0.1, 0.15) is 6.92 Å². The summed E-state index contributed by atoms with van der Waals surface area (Å²) >= 11 is 2.56. The van der Waals surface area contributed by atoms with E-state index in [0.717, 1.165) is 11.1 Å². The molecule has 0 aliphatic carbocycles. The molecule has 0 radical (unpaired) electrons. The van der Waals surface area contributed by atoms with Crippen LogP contribution in [0, 0.1) is 5.82 Å². The molecule has 3 aromatic rings. The molecule has 1 amide bonds. The van der Waals surface area contributed by atoms with Gasteiger partial charge in [-0.15, -0.1) is 11.3 Å². The average Bonchev–Trinajstić information content (AvgIpc) is 2.99. The molecule has 1 aromatic carbocycles. The molecule has 0 bridgehead atoms. The average molecular weight is 377 g/mol. The van der Waals surface area contributed by atoms with Gasteiger partial charge in [0.05, 0.1) is 10.6 Å². The van der Waals surface area contributed by atoms with E-state index in [2.05, 4.69) is 9.97 Å². The van der Waals surface area contributed by atoms with Gasteiger partial charge in [0, 0.05) is 25.0 Å². The summed E-state index contributed by atoms with van der Waals surface area (Å²) < 4.78 is 13.1. The van der Waals surface area contributed by atoms with Gasteiger partial charge in [0.2, 0.25) is 5.91 Å². The van der Waals surface area contributed by atoms with Crippen molar-refractivity contribution in [1.82, 2.24) is 14.9 Å². The van der Waals surface area contributed by atoms with E-state index in [1.807, 2.05) is 5.38 Å². The third kappa shape index (κ3) is 3.59. The van der Waals surface area contributed by atoms with Crippen LogP contribution in [-0.4, -0.2) is 40.1 Å². The van der Waals surface area contributed by atoms with Crippen LogP contribution in [0.25, 0.3) is 21.3 Å². The number of thiophene rings is 1. The molecule has 25 heavy (non-hydrogen) atoms. The second kappa shape index (κ2) is 6.97. The van der Waals surface area contributed by atoms with Crippen LogP contribution in [0.3, 0.4) is 0 Å². The molecule has 0 aliphatic heterocycles. The van der Waals surface area contributed by atoms with Crippen LogP contribution in [0.5, 0.6) is 0 Å². The molecule has 1 atom stereocenters. The Kier molecular flexibility index (Phi) is 4.91. The standard InChI is InChI=1S/C17H16FN3O2S2/c1-9(16(23)21(2)3)25-17-19-14(22)13-12(8-24-15(13)20-17)10-4-6-11(18)7-5-10/h4-9H,1-3H3,(H,19,20,22)/t9-/m1/s1. The molecule has 0 saturated carbocycles. The predicted molar refractivity (Wildman–Crippen MR) is 99.6 cm³/mol. The van der Waals surface area contributed by atoms with Gasteiger partial charge in [0.25, 0.3) is 5.56 Å². The van der Waals surface area contributed by atoms with Crippen molar-refractivity contribution in [2.75, 3.05) is 14.1 Å². The number of nitrogens with zero attached hydrogens (tertiary/aromatic N) is 2. The molecule has 2 heterocycles. The highest BCUT2D eigenvalue weighted by molar-refractivity contribution is 8.00. The maximum atomic E-state index is 13.1. The number of rotatable bonds is 4. The molecule has 3 rings (SSSR count). The number of aromatic amines is 1. The topological polar surface area (TPSA) is 66.1 Å². The van der Waals surface area contributed by atoms with Crippen LogP contribution in [-0.2, 0) is 4.79 Å². The summed E-state index contributed by atoms with van der Waals surface area (Å²) in [6.45, 7) is 1.77. The summed E-state index contributed by atoms with van der Waals surface area (Å²) in [7, 11) is 3.38. The molecule has 0 unspecified atom stereocenters. The van der Waals surface area contributed by atoms with E-state index in [1.54, 1.807) is 33.2 Å². The van der Waals surface area contributed by atoms with Crippen molar-refractivity contribution >= 4 is 39.2 Å². The summed E-state index contributed by atoms with van der Waals surface area (Å²) in [5, 5.41) is 2.37. The Morgan fingerprint density at radius 2 is 2.00 bits per heavy atom. The SMILES string of the molecule is C[C@@H](Sc1nc2scc(-c3ccc(F)cc3)c2c(=O)[nH]1)C(=O)N(C)C. The number of nitrogens with one attached hydrogen (secondary N) is 1. The van der Waals surface area contributed by atoms with Gasteiger partial charge in [0.1, 0.15) is 10.6 Å². The zero-order valence-electron chi connectivity index (χ0n) is 13.9. The number of benzene rings is 1. The zero-order valence-corrected chi connectivity index (χ0v) is 15.5. The lowest BCUT2D eigenvalue weighted by molar-refractivity contribution is -0.127. The van der Waals surface area contributed by atoms with Gasteiger partial charge in [0.15, 0.2) is 5.16 Å². The zero-order chi connectivity index (χ0) is 18.1. The first-order chi connectivity index (χ1) is 11.9. The van der Waals surface area contributed by atoms with Crippen LogP contribution in [0.2, 0.25) is 0 Å². The van der Waals surface area contributed by atoms with E-state index in [4.69, 9.17) is 0 Å². The number of aromatic nitrogens is 2. The van der Waals surface area contributed by atoms with Gasteiger partial charge >= 0.3 is 0 Å². The normalized spacial score (nSPS) is 12.3. The van der Waals surface area contributed by atoms with Gasteiger partial charge in [-0.1, -0.05) is 23.9 Å². The highest BCUT2D eigenvalue weighted by Gasteiger charge is 2.19. The summed E-state index contributed by atoms with van der Waals surface area (Å²) in [4.78, 5) is 33.8. The maximum absolute atomic E-state index is 13.1. The number of amides is 1. The first-order valence-corrected chi connectivity index (χ1v) is 9.28. The Morgan fingerprint density at radius 1 is 1.32 bits per heavy atom. The quantitative estimate of drug-likeness (QED) is 0.559. The smallest absolute Gasteiger partial charge is 0.260 e.